The molecule has 0 bridgehead atoms. The van der Waals surface area contributed by atoms with E-state index >= 15 is 0 Å². The summed E-state index contributed by atoms with van der Waals surface area (Å²) in [6, 6.07) is 22.3. The van der Waals surface area contributed by atoms with Crippen molar-refractivity contribution in [2.75, 3.05) is 31.2 Å². The molecule has 1 aliphatic heterocycles. The molecule has 1 saturated heterocycles. The maximum atomic E-state index is 12.9. The van der Waals surface area contributed by atoms with Crippen LogP contribution in [0.25, 0.3) is 17.0 Å². The Morgan fingerprint density at radius 1 is 0.972 bits per heavy atom. The molecule has 0 N–H and O–H groups in total. The number of hydrogen-bond donors (Lipinski definition) is 0. The average molecular weight is 543 g/mol. The van der Waals surface area contributed by atoms with Crippen molar-refractivity contribution in [3.63, 3.8) is 0 Å². The summed E-state index contributed by atoms with van der Waals surface area (Å²) in [4.78, 5) is 32.4. The van der Waals surface area contributed by atoms with Crippen LogP contribution in [0.3, 0.4) is 0 Å². The van der Waals surface area contributed by atoms with Crippen molar-refractivity contribution in [3.05, 3.63) is 110 Å². The molecule has 7 heteroatoms. The molecule has 2 heterocycles. The van der Waals surface area contributed by atoms with Gasteiger partial charge in [0.2, 0.25) is 0 Å². The van der Waals surface area contributed by atoms with Gasteiger partial charge in [0.05, 0.1) is 30.2 Å². The van der Waals surface area contributed by atoms with E-state index < -0.39 is 5.63 Å². The summed E-state index contributed by atoms with van der Waals surface area (Å²) in [5.41, 5.74) is 3.39. The zero-order chi connectivity index (χ0) is 24.9. The Morgan fingerprint density at radius 2 is 1.75 bits per heavy atom. The van der Waals surface area contributed by atoms with E-state index in [1.54, 1.807) is 42.6 Å². The molecule has 0 spiro atoms. The SMILES string of the molecule is O=C(/C=C/c1c(N2CCOCC2)c2ccccc2oc1=O)c1ccc(N=Cc2cccc(Br)c2)cc1. The fourth-order valence-electron chi connectivity index (χ4n) is 4.13. The van der Waals surface area contributed by atoms with E-state index in [4.69, 9.17) is 9.15 Å². The second-order valence-corrected chi connectivity index (χ2v) is 9.22. The molecule has 5 rings (SSSR count). The Kier molecular flexibility index (Phi) is 7.21. The lowest BCUT2D eigenvalue weighted by Crippen LogP contribution is -2.37. The Hall–Kier alpha value is -3.81. The maximum Gasteiger partial charge on any atom is 0.345 e. The lowest BCUT2D eigenvalue weighted by Gasteiger charge is -2.30. The van der Waals surface area contributed by atoms with E-state index in [1.807, 2.05) is 42.5 Å². The van der Waals surface area contributed by atoms with Crippen molar-refractivity contribution >= 4 is 56.3 Å². The zero-order valence-electron chi connectivity index (χ0n) is 19.4. The predicted octanol–water partition coefficient (Wildman–Crippen LogP) is 6.04. The van der Waals surface area contributed by atoms with Crippen LogP contribution >= 0.6 is 15.9 Å². The highest BCUT2D eigenvalue weighted by Gasteiger charge is 2.20. The normalized spacial score (nSPS) is 14.2. The topological polar surface area (TPSA) is 72.1 Å². The molecular formula is C29H23BrN2O4. The molecule has 0 amide bonds. The number of aliphatic imine (C=N–C) groups is 1. The van der Waals surface area contributed by atoms with Gasteiger partial charge in [-0.1, -0.05) is 40.2 Å². The third kappa shape index (κ3) is 5.37. The lowest BCUT2D eigenvalue weighted by molar-refractivity contribution is 0.104. The summed E-state index contributed by atoms with van der Waals surface area (Å²) in [6.45, 7) is 2.47. The van der Waals surface area contributed by atoms with Crippen molar-refractivity contribution in [2.24, 2.45) is 4.99 Å². The Balaban J connectivity index is 1.40. The number of carbonyl (C=O) groups excluding carboxylic acids is 1. The summed E-state index contributed by atoms with van der Waals surface area (Å²) >= 11 is 3.45. The number of ketones is 1. The first-order chi connectivity index (χ1) is 17.6. The van der Waals surface area contributed by atoms with Crippen molar-refractivity contribution in [3.8, 4) is 0 Å². The van der Waals surface area contributed by atoms with Crippen LogP contribution in [0.5, 0.6) is 0 Å². The summed E-state index contributed by atoms with van der Waals surface area (Å²) < 4.78 is 12.0. The van der Waals surface area contributed by atoms with E-state index in [1.165, 1.54) is 6.08 Å². The Labute approximate surface area is 216 Å². The molecule has 0 radical (unpaired) electrons. The molecule has 1 fully saturated rings. The van der Waals surface area contributed by atoms with Crippen LogP contribution in [0, 0.1) is 0 Å². The number of halogens is 1. The van der Waals surface area contributed by atoms with Crippen molar-refractivity contribution in [1.29, 1.82) is 0 Å². The molecule has 1 aromatic heterocycles. The number of para-hydroxylation sites is 1. The number of allylic oxidation sites excluding steroid dienone is 1. The fraction of sp³-hybridized carbons (Fsp3) is 0.138. The first-order valence-electron chi connectivity index (χ1n) is 11.6. The number of nitrogens with zero attached hydrogens (tertiary/aromatic N) is 2. The minimum absolute atomic E-state index is 0.210. The number of fused-ring (bicyclic) bond motifs is 1. The van der Waals surface area contributed by atoms with Gasteiger partial charge in [-0.05, 0) is 66.2 Å². The number of rotatable bonds is 6. The van der Waals surface area contributed by atoms with Crippen LogP contribution in [0.15, 0.2) is 97.5 Å². The second-order valence-electron chi connectivity index (χ2n) is 8.31. The van der Waals surface area contributed by atoms with E-state index in [-0.39, 0.29) is 5.78 Å². The van der Waals surface area contributed by atoms with Gasteiger partial charge in [0.25, 0.3) is 0 Å². The van der Waals surface area contributed by atoms with Crippen molar-refractivity contribution in [2.45, 2.75) is 0 Å². The molecular weight excluding hydrogens is 520 g/mol. The van der Waals surface area contributed by atoms with Gasteiger partial charge in [0, 0.05) is 34.7 Å². The first kappa shape index (κ1) is 23.9. The van der Waals surface area contributed by atoms with Crippen LogP contribution in [0.1, 0.15) is 21.5 Å². The third-order valence-electron chi connectivity index (χ3n) is 5.91. The maximum absolute atomic E-state index is 12.9. The minimum atomic E-state index is -0.475. The smallest absolute Gasteiger partial charge is 0.345 e. The van der Waals surface area contributed by atoms with Crippen molar-refractivity contribution in [1.82, 2.24) is 0 Å². The molecule has 0 unspecified atom stereocenters. The van der Waals surface area contributed by atoms with E-state index in [0.29, 0.717) is 43.0 Å². The summed E-state index contributed by atoms with van der Waals surface area (Å²) in [5.74, 6) is -0.210. The van der Waals surface area contributed by atoms with E-state index in [0.717, 1.165) is 26.8 Å². The zero-order valence-corrected chi connectivity index (χ0v) is 21.0. The van der Waals surface area contributed by atoms with Crippen LogP contribution in [0.2, 0.25) is 0 Å². The minimum Gasteiger partial charge on any atom is -0.422 e. The number of hydrogen-bond acceptors (Lipinski definition) is 6. The molecule has 0 atom stereocenters. The number of anilines is 1. The fourth-order valence-corrected chi connectivity index (χ4v) is 4.54. The van der Waals surface area contributed by atoms with Crippen molar-refractivity contribution < 1.29 is 13.9 Å². The Morgan fingerprint density at radius 3 is 2.53 bits per heavy atom. The molecule has 6 nitrogen and oxygen atoms in total. The van der Waals surface area contributed by atoms with Gasteiger partial charge in [0.15, 0.2) is 5.78 Å². The summed E-state index contributed by atoms with van der Waals surface area (Å²) in [5, 5.41) is 0.832. The van der Waals surface area contributed by atoms with E-state index in [2.05, 4.69) is 25.8 Å². The number of ether oxygens (including phenoxy) is 1. The molecule has 180 valence electrons. The summed E-state index contributed by atoms with van der Waals surface area (Å²) in [6.07, 6.45) is 4.75. The van der Waals surface area contributed by atoms with Gasteiger partial charge >= 0.3 is 5.63 Å². The van der Waals surface area contributed by atoms with Crippen LogP contribution in [-0.2, 0) is 4.74 Å². The highest BCUT2D eigenvalue weighted by Crippen LogP contribution is 2.30. The third-order valence-corrected chi connectivity index (χ3v) is 6.40. The first-order valence-corrected chi connectivity index (χ1v) is 12.4. The monoisotopic (exact) mass is 542 g/mol. The van der Waals surface area contributed by atoms with Crippen LogP contribution in [0.4, 0.5) is 11.4 Å². The van der Waals surface area contributed by atoms with Gasteiger partial charge < -0.3 is 14.1 Å². The summed E-state index contributed by atoms with van der Waals surface area (Å²) in [7, 11) is 0. The second kappa shape index (κ2) is 10.8. The van der Waals surface area contributed by atoms with Gasteiger partial charge in [-0.25, -0.2) is 4.79 Å². The van der Waals surface area contributed by atoms with Crippen LogP contribution in [-0.4, -0.2) is 38.3 Å². The van der Waals surface area contributed by atoms with Gasteiger partial charge in [-0.2, -0.15) is 0 Å². The molecule has 0 saturated carbocycles. The largest absolute Gasteiger partial charge is 0.422 e. The molecule has 36 heavy (non-hydrogen) atoms. The highest BCUT2D eigenvalue weighted by molar-refractivity contribution is 9.10. The Bertz CT molecular complexity index is 1520. The lowest BCUT2D eigenvalue weighted by atomic mass is 10.1. The molecule has 1 aliphatic rings. The highest BCUT2D eigenvalue weighted by atomic mass is 79.9. The van der Waals surface area contributed by atoms with Gasteiger partial charge in [-0.3, -0.25) is 9.79 Å². The quantitative estimate of drug-likeness (QED) is 0.128. The van der Waals surface area contributed by atoms with E-state index in [9.17, 15) is 9.59 Å². The van der Waals surface area contributed by atoms with Crippen LogP contribution < -0.4 is 10.5 Å². The standard InChI is InChI=1S/C29H23BrN2O4/c30-22-5-3-4-20(18-22)19-31-23-10-8-21(9-11-23)26(33)13-12-25-28(32-14-16-35-17-15-32)24-6-1-2-7-27(24)36-29(25)34/h1-13,18-19H,14-17H2/b13-12+,31-19?. The number of benzene rings is 3. The number of morpholine rings is 1. The molecule has 3 aromatic carbocycles. The van der Waals surface area contributed by atoms with Gasteiger partial charge in [0.1, 0.15) is 5.58 Å². The predicted molar refractivity (Wildman–Crippen MR) is 147 cm³/mol. The molecule has 4 aromatic rings. The number of carbonyl (C=O) groups is 1. The molecule has 0 aliphatic carbocycles. The average Bonchev–Trinajstić information content (AvgIpc) is 2.91. The van der Waals surface area contributed by atoms with Gasteiger partial charge in [-0.15, -0.1) is 0 Å².